The van der Waals surface area contributed by atoms with Crippen molar-refractivity contribution in [2.75, 3.05) is 0 Å². The van der Waals surface area contributed by atoms with E-state index in [4.69, 9.17) is 0 Å². The third-order valence-corrected chi connectivity index (χ3v) is 4.15. The molecule has 0 radical (unpaired) electrons. The maximum Gasteiger partial charge on any atom is -1.00 e. The second-order valence-electron chi connectivity index (χ2n) is 9.78. The first kappa shape index (κ1) is 33.6. The molecule has 0 saturated carbocycles. The van der Waals surface area contributed by atoms with Crippen LogP contribution in [0.25, 0.3) is 0 Å². The summed E-state index contributed by atoms with van der Waals surface area (Å²) in [6, 6.07) is 0. The molecule has 2 aliphatic rings. The molecular formula is C24H40Cl2GeZr-2. The van der Waals surface area contributed by atoms with E-state index in [-0.39, 0.29) is 34.8 Å². The maximum absolute atomic E-state index is 3.40. The molecule has 2 aliphatic carbocycles. The van der Waals surface area contributed by atoms with E-state index >= 15 is 0 Å². The summed E-state index contributed by atoms with van der Waals surface area (Å²) < 4.78 is 0. The maximum atomic E-state index is 3.40. The number of rotatable bonds is 0. The molecule has 0 heterocycles. The van der Waals surface area contributed by atoms with Gasteiger partial charge in [0.25, 0.3) is 0 Å². The van der Waals surface area contributed by atoms with Crippen LogP contribution in [0.3, 0.4) is 0 Å². The molecule has 4 heteroatoms. The summed E-state index contributed by atoms with van der Waals surface area (Å²) in [6.07, 6.45) is 11.4. The molecule has 0 saturated heterocycles. The molecule has 2 unspecified atom stereocenters. The van der Waals surface area contributed by atoms with Crippen molar-refractivity contribution in [3.05, 3.63) is 46.6 Å². The fraction of sp³-hybridized carbons (Fsp3) is 0.667. The van der Waals surface area contributed by atoms with E-state index in [2.05, 4.69) is 105 Å². The first-order valence-corrected chi connectivity index (χ1v) is 21.4. The summed E-state index contributed by atoms with van der Waals surface area (Å²) in [7, 11) is -0.243. The SMILES string of the molecule is CC1=[C-]C(C)C=C1C(C)(C)C.CC1=[C-]C(C)C=C1C(C)(C)C.[CH3][Ge]([CH3])=[Zr+2].[Cl-].[Cl-]. The van der Waals surface area contributed by atoms with Crippen molar-refractivity contribution in [3.63, 3.8) is 0 Å². The van der Waals surface area contributed by atoms with Crippen LogP contribution in [-0.2, 0) is 21.6 Å². The minimum atomic E-state index is -0.243. The van der Waals surface area contributed by atoms with Gasteiger partial charge in [0.1, 0.15) is 0 Å². The molecule has 160 valence electrons. The largest absolute Gasteiger partial charge is 1.00 e. The Balaban J connectivity index is -0.000000355. The van der Waals surface area contributed by atoms with Crippen molar-refractivity contribution in [3.8, 4) is 0 Å². The van der Waals surface area contributed by atoms with E-state index in [1.165, 1.54) is 22.3 Å². The Morgan fingerprint density at radius 2 is 0.964 bits per heavy atom. The predicted octanol–water partition coefficient (Wildman–Crippen LogP) is 1.51. The predicted molar refractivity (Wildman–Crippen MR) is 116 cm³/mol. The molecule has 28 heavy (non-hydrogen) atoms. The second-order valence-corrected chi connectivity index (χ2v) is 26.7. The number of halogens is 2. The van der Waals surface area contributed by atoms with Crippen LogP contribution < -0.4 is 24.8 Å². The molecule has 0 amide bonds. The smallest absolute Gasteiger partial charge is 1.00 e. The average molecular weight is 563 g/mol. The molecule has 0 N–H and O–H groups in total. The zero-order valence-corrected chi connectivity index (χ0v) is 26.1. The van der Waals surface area contributed by atoms with Gasteiger partial charge in [0.2, 0.25) is 0 Å². The van der Waals surface area contributed by atoms with Gasteiger partial charge in [0, 0.05) is 0 Å². The summed E-state index contributed by atoms with van der Waals surface area (Å²) in [5.41, 5.74) is 6.19. The Morgan fingerprint density at radius 3 is 1.04 bits per heavy atom. The molecule has 0 nitrogen and oxygen atoms in total. The topological polar surface area (TPSA) is 0 Å². The fourth-order valence-corrected chi connectivity index (χ4v) is 3.30. The summed E-state index contributed by atoms with van der Waals surface area (Å²) in [5, 5.41) is 0. The van der Waals surface area contributed by atoms with Gasteiger partial charge in [-0.3, -0.25) is 12.2 Å². The average Bonchev–Trinajstić information content (AvgIpc) is 2.90. The molecule has 2 atom stereocenters. The Hall–Kier alpha value is 0.966. The third kappa shape index (κ3) is 13.3. The minimum Gasteiger partial charge on any atom is -1.00 e. The van der Waals surface area contributed by atoms with Crippen LogP contribution in [-0.4, -0.2) is 9.98 Å². The molecule has 0 spiro atoms. The Bertz CT molecular complexity index is 572. The zero-order valence-electron chi connectivity index (χ0n) is 20.1. The van der Waals surface area contributed by atoms with Crippen molar-refractivity contribution in [2.24, 2.45) is 22.7 Å². The minimum absolute atomic E-state index is 0. The second kappa shape index (κ2) is 14.1. The van der Waals surface area contributed by atoms with Gasteiger partial charge >= 0.3 is 43.1 Å². The van der Waals surface area contributed by atoms with Gasteiger partial charge < -0.3 is 24.8 Å². The van der Waals surface area contributed by atoms with Crippen molar-refractivity contribution >= 4 is 9.98 Å². The van der Waals surface area contributed by atoms with E-state index in [1.54, 1.807) is 21.6 Å². The van der Waals surface area contributed by atoms with Crippen LogP contribution in [0.15, 0.2) is 34.4 Å². The molecule has 0 bridgehead atoms. The summed E-state index contributed by atoms with van der Waals surface area (Å²) in [6.45, 7) is 22.2. The molecule has 0 aromatic carbocycles. The summed E-state index contributed by atoms with van der Waals surface area (Å²) in [5.74, 6) is 5.78. The zero-order chi connectivity index (χ0) is 20.9. The van der Waals surface area contributed by atoms with Gasteiger partial charge in [0.05, 0.1) is 0 Å². The standard InChI is InChI=1S/2C11H17.C2H6Ge.2ClH.Zr/c2*1-8-6-9(2)10(7-8)11(3,4)5;1-3-2;;;/h2*7-8H,1-5H3;1-2H3;2*1H;/q2*-1;;;;+2/p-2. The van der Waals surface area contributed by atoms with Crippen LogP contribution >= 0.6 is 0 Å². The van der Waals surface area contributed by atoms with Crippen LogP contribution in [0.2, 0.25) is 11.5 Å². The van der Waals surface area contributed by atoms with Crippen molar-refractivity contribution < 1.29 is 46.4 Å². The van der Waals surface area contributed by atoms with Gasteiger partial charge in [-0.05, 0) is 0 Å². The Morgan fingerprint density at radius 1 is 0.750 bits per heavy atom. The number of allylic oxidation sites excluding steroid dienone is 8. The normalized spacial score (nSPS) is 20.6. The summed E-state index contributed by atoms with van der Waals surface area (Å²) >= 11 is 1.80. The Labute approximate surface area is 204 Å². The molecular weight excluding hydrogens is 523 g/mol. The van der Waals surface area contributed by atoms with Gasteiger partial charge in [0.15, 0.2) is 0 Å². The monoisotopic (exact) mass is 562 g/mol. The van der Waals surface area contributed by atoms with Crippen LogP contribution in [0.4, 0.5) is 0 Å². The van der Waals surface area contributed by atoms with Gasteiger partial charge in [-0.2, -0.15) is 23.3 Å². The molecule has 0 aromatic heterocycles. The molecule has 0 aliphatic heterocycles. The van der Waals surface area contributed by atoms with Gasteiger partial charge in [-0.25, -0.2) is 11.1 Å². The number of hydrogen-bond acceptors (Lipinski definition) is 0. The van der Waals surface area contributed by atoms with E-state index in [0.717, 1.165) is 0 Å². The first-order chi connectivity index (χ1) is 11.6. The number of hydrogen-bond donors (Lipinski definition) is 0. The van der Waals surface area contributed by atoms with Crippen molar-refractivity contribution in [1.29, 1.82) is 0 Å². The van der Waals surface area contributed by atoms with Crippen LogP contribution in [0.5, 0.6) is 0 Å². The quantitative estimate of drug-likeness (QED) is 0.310. The fourth-order valence-electron chi connectivity index (χ4n) is 3.30. The molecule has 0 fully saturated rings. The van der Waals surface area contributed by atoms with Gasteiger partial charge in [-0.15, -0.1) is 0 Å². The van der Waals surface area contributed by atoms with E-state index in [0.29, 0.717) is 22.7 Å². The van der Waals surface area contributed by atoms with Crippen molar-refractivity contribution in [2.45, 2.75) is 80.7 Å². The van der Waals surface area contributed by atoms with E-state index < -0.39 is 0 Å². The summed E-state index contributed by atoms with van der Waals surface area (Å²) in [4.78, 5) is 0. The first-order valence-electron chi connectivity index (χ1n) is 9.73. The molecule has 0 aromatic rings. The Kier molecular flexibility index (Phi) is 16.9. The van der Waals surface area contributed by atoms with Crippen molar-refractivity contribution in [1.82, 2.24) is 0 Å². The molecule has 2 rings (SSSR count). The van der Waals surface area contributed by atoms with Crippen LogP contribution in [0.1, 0.15) is 69.2 Å². The van der Waals surface area contributed by atoms with Crippen LogP contribution in [0, 0.1) is 34.8 Å². The third-order valence-electron chi connectivity index (χ3n) is 4.15. The van der Waals surface area contributed by atoms with E-state index in [1.807, 2.05) is 0 Å². The van der Waals surface area contributed by atoms with E-state index in [9.17, 15) is 0 Å². The van der Waals surface area contributed by atoms with Gasteiger partial charge in [-0.1, -0.05) is 91.9 Å².